The summed E-state index contributed by atoms with van der Waals surface area (Å²) in [6, 6.07) is 6.90. The molecule has 1 saturated heterocycles. The Balaban J connectivity index is 1.81. The molecule has 0 bridgehead atoms. The first-order valence-corrected chi connectivity index (χ1v) is 8.19. The number of nitrogens with one attached hydrogen (secondary N) is 1. The van der Waals surface area contributed by atoms with E-state index in [1.165, 1.54) is 0 Å². The smallest absolute Gasteiger partial charge is 0.325 e. The molecule has 2 aliphatic heterocycles. The molecule has 3 rings (SSSR count). The van der Waals surface area contributed by atoms with Crippen LogP contribution in [0.1, 0.15) is 5.56 Å². The zero-order valence-electron chi connectivity index (χ0n) is 14.4. The monoisotopic (exact) mass is 346 g/mol. The number of carbonyl (C=O) groups excluding carboxylic acids is 3. The van der Waals surface area contributed by atoms with Gasteiger partial charge in [0.15, 0.2) is 0 Å². The van der Waals surface area contributed by atoms with Crippen molar-refractivity contribution in [1.82, 2.24) is 20.0 Å². The number of benzene rings is 1. The Morgan fingerprint density at radius 3 is 2.76 bits per heavy atom. The second-order valence-electron chi connectivity index (χ2n) is 6.50. The number of urea groups is 1. The number of carbonyl (C=O) groups is 3. The van der Waals surface area contributed by atoms with Crippen LogP contribution in [0.15, 0.2) is 24.3 Å². The lowest BCUT2D eigenvalue weighted by atomic mass is 10.1. The fourth-order valence-electron chi connectivity index (χ4n) is 3.07. The number of hydrogen-bond acceptors (Lipinski definition) is 5. The fourth-order valence-corrected chi connectivity index (χ4v) is 3.07. The normalized spacial score (nSPS) is 20.2. The number of fused-ring (bicyclic) bond motifs is 1. The molecule has 1 fully saturated rings. The summed E-state index contributed by atoms with van der Waals surface area (Å²) in [7, 11) is 3.86. The molecule has 0 spiro atoms. The first-order chi connectivity index (χ1) is 12.0. The standard InChI is InChI=1S/C17H22N4O4/c1-19(2)9-13-11-25-14-6-4-3-5-12(14)8-20(13)16(23)10-21-15(22)7-18-17(21)24/h3-6,13H,7-11H2,1-2H3,(H,18,24)/t13-/m1/s1. The SMILES string of the molecule is CN(C)C[C@@H]1COc2ccccc2CN1C(=O)CN1C(=O)CNC1=O. The molecule has 1 N–H and O–H groups in total. The quantitative estimate of drug-likeness (QED) is 0.770. The second kappa shape index (κ2) is 7.10. The summed E-state index contributed by atoms with van der Waals surface area (Å²) >= 11 is 0. The largest absolute Gasteiger partial charge is 0.491 e. The summed E-state index contributed by atoms with van der Waals surface area (Å²) in [6.45, 7) is 1.06. The molecule has 0 aromatic heterocycles. The molecule has 0 aliphatic carbocycles. The van der Waals surface area contributed by atoms with E-state index in [0.717, 1.165) is 16.2 Å². The summed E-state index contributed by atoms with van der Waals surface area (Å²) in [4.78, 5) is 41.0. The molecule has 0 radical (unpaired) electrons. The van der Waals surface area contributed by atoms with Gasteiger partial charge < -0.3 is 19.9 Å². The highest BCUT2D eigenvalue weighted by Gasteiger charge is 2.35. The molecule has 1 atom stereocenters. The summed E-state index contributed by atoms with van der Waals surface area (Å²) < 4.78 is 5.87. The van der Waals surface area contributed by atoms with Crippen LogP contribution in [-0.4, -0.2) is 78.9 Å². The minimum atomic E-state index is -0.519. The highest BCUT2D eigenvalue weighted by molar-refractivity contribution is 6.04. The van der Waals surface area contributed by atoms with Crippen LogP contribution in [0.2, 0.25) is 0 Å². The van der Waals surface area contributed by atoms with Crippen molar-refractivity contribution in [2.24, 2.45) is 0 Å². The molecule has 0 unspecified atom stereocenters. The van der Waals surface area contributed by atoms with E-state index in [2.05, 4.69) is 5.32 Å². The van der Waals surface area contributed by atoms with Crippen molar-refractivity contribution < 1.29 is 19.1 Å². The van der Waals surface area contributed by atoms with Gasteiger partial charge in [0.05, 0.1) is 12.6 Å². The van der Waals surface area contributed by atoms with E-state index in [9.17, 15) is 14.4 Å². The van der Waals surface area contributed by atoms with Gasteiger partial charge in [-0.25, -0.2) is 4.79 Å². The van der Waals surface area contributed by atoms with Crippen molar-refractivity contribution in [3.63, 3.8) is 0 Å². The molecule has 8 nitrogen and oxygen atoms in total. The maximum atomic E-state index is 12.9. The Morgan fingerprint density at radius 2 is 2.08 bits per heavy atom. The summed E-state index contributed by atoms with van der Waals surface area (Å²) in [5.41, 5.74) is 0.911. The fraction of sp³-hybridized carbons (Fsp3) is 0.471. The number of amides is 4. The summed E-state index contributed by atoms with van der Waals surface area (Å²) in [5.74, 6) is 0.114. The van der Waals surface area contributed by atoms with Crippen molar-refractivity contribution in [1.29, 1.82) is 0 Å². The van der Waals surface area contributed by atoms with Gasteiger partial charge in [-0.2, -0.15) is 0 Å². The van der Waals surface area contributed by atoms with E-state index in [0.29, 0.717) is 19.7 Å². The van der Waals surface area contributed by atoms with Crippen LogP contribution in [0, 0.1) is 0 Å². The minimum Gasteiger partial charge on any atom is -0.491 e. The van der Waals surface area contributed by atoms with Crippen molar-refractivity contribution in [2.45, 2.75) is 12.6 Å². The van der Waals surface area contributed by atoms with E-state index >= 15 is 0 Å². The number of para-hydroxylation sites is 1. The number of likely N-dealkylation sites (N-methyl/N-ethyl adjacent to an activating group) is 1. The highest BCUT2D eigenvalue weighted by atomic mass is 16.5. The molecular weight excluding hydrogens is 324 g/mol. The van der Waals surface area contributed by atoms with Crippen molar-refractivity contribution in [3.8, 4) is 5.75 Å². The Kier molecular flexibility index (Phi) is 4.89. The predicted molar refractivity (Wildman–Crippen MR) is 89.9 cm³/mol. The lowest BCUT2D eigenvalue weighted by molar-refractivity contribution is -0.139. The first-order valence-electron chi connectivity index (χ1n) is 8.19. The Morgan fingerprint density at radius 1 is 1.32 bits per heavy atom. The first kappa shape index (κ1) is 17.2. The van der Waals surface area contributed by atoms with E-state index in [4.69, 9.17) is 4.74 Å². The van der Waals surface area contributed by atoms with Gasteiger partial charge in [-0.3, -0.25) is 14.5 Å². The zero-order chi connectivity index (χ0) is 18.0. The van der Waals surface area contributed by atoms with E-state index < -0.39 is 6.03 Å². The third-order valence-electron chi connectivity index (χ3n) is 4.31. The van der Waals surface area contributed by atoms with Gasteiger partial charge in [-0.05, 0) is 20.2 Å². The number of ether oxygens (including phenoxy) is 1. The molecule has 1 aromatic rings. The van der Waals surface area contributed by atoms with Gasteiger partial charge >= 0.3 is 6.03 Å². The molecule has 134 valence electrons. The molecule has 0 saturated carbocycles. The molecule has 25 heavy (non-hydrogen) atoms. The van der Waals surface area contributed by atoms with E-state index in [-0.39, 0.29) is 30.9 Å². The molecule has 4 amide bonds. The van der Waals surface area contributed by atoms with E-state index in [1.54, 1.807) is 4.90 Å². The Labute approximate surface area is 146 Å². The van der Waals surface area contributed by atoms with Crippen molar-refractivity contribution >= 4 is 17.8 Å². The second-order valence-corrected chi connectivity index (χ2v) is 6.50. The number of nitrogens with zero attached hydrogens (tertiary/aromatic N) is 3. The third kappa shape index (κ3) is 3.74. The maximum Gasteiger partial charge on any atom is 0.325 e. The van der Waals surface area contributed by atoms with Crippen LogP contribution in [0.4, 0.5) is 4.79 Å². The van der Waals surface area contributed by atoms with E-state index in [1.807, 2.05) is 43.3 Å². The lowest BCUT2D eigenvalue weighted by Crippen LogP contribution is -2.51. The highest BCUT2D eigenvalue weighted by Crippen LogP contribution is 2.25. The Hall–Kier alpha value is -2.61. The average Bonchev–Trinajstić information content (AvgIpc) is 2.79. The number of hydrogen-bond donors (Lipinski definition) is 1. The van der Waals surface area contributed by atoms with Crippen molar-refractivity contribution in [3.05, 3.63) is 29.8 Å². The Bertz CT molecular complexity index is 675. The summed E-state index contributed by atoms with van der Waals surface area (Å²) in [6.07, 6.45) is 0. The molecule has 1 aromatic carbocycles. The lowest BCUT2D eigenvalue weighted by Gasteiger charge is -2.32. The molecule has 2 aliphatic rings. The third-order valence-corrected chi connectivity index (χ3v) is 4.31. The van der Waals surface area contributed by atoms with Gasteiger partial charge in [-0.1, -0.05) is 18.2 Å². The number of rotatable bonds is 4. The van der Waals surface area contributed by atoms with Crippen LogP contribution < -0.4 is 10.1 Å². The topological polar surface area (TPSA) is 82.2 Å². The van der Waals surface area contributed by atoms with Crippen LogP contribution in [-0.2, 0) is 16.1 Å². The van der Waals surface area contributed by atoms with Gasteiger partial charge in [0.1, 0.15) is 18.9 Å². The summed E-state index contributed by atoms with van der Waals surface area (Å²) in [5, 5.41) is 2.43. The van der Waals surface area contributed by atoms with Crippen LogP contribution >= 0.6 is 0 Å². The van der Waals surface area contributed by atoms with Crippen LogP contribution in [0.3, 0.4) is 0 Å². The van der Waals surface area contributed by atoms with Crippen LogP contribution in [0.25, 0.3) is 0 Å². The maximum absolute atomic E-state index is 12.9. The molecule has 2 heterocycles. The van der Waals surface area contributed by atoms with Gasteiger partial charge in [-0.15, -0.1) is 0 Å². The number of imide groups is 1. The minimum absolute atomic E-state index is 0.0564. The zero-order valence-corrected chi connectivity index (χ0v) is 14.4. The van der Waals surface area contributed by atoms with Crippen molar-refractivity contribution in [2.75, 3.05) is 40.3 Å². The van der Waals surface area contributed by atoms with Gasteiger partial charge in [0.2, 0.25) is 5.91 Å². The van der Waals surface area contributed by atoms with Crippen LogP contribution in [0.5, 0.6) is 5.75 Å². The molecular formula is C17H22N4O4. The van der Waals surface area contributed by atoms with Gasteiger partial charge in [0.25, 0.3) is 5.91 Å². The average molecular weight is 346 g/mol. The van der Waals surface area contributed by atoms with Gasteiger partial charge in [0, 0.05) is 18.7 Å². The molecule has 8 heteroatoms. The predicted octanol–water partition coefficient (Wildman–Crippen LogP) is -0.110.